The van der Waals surface area contributed by atoms with Gasteiger partial charge in [0.2, 0.25) is 0 Å². The maximum absolute atomic E-state index is 11.3. The zero-order valence-corrected chi connectivity index (χ0v) is 12.5. The molecule has 0 spiro atoms. The molecular weight excluding hydrogens is 272 g/mol. The molecule has 1 aromatic heterocycles. The molecule has 1 aromatic carbocycles. The van der Waals surface area contributed by atoms with Crippen molar-refractivity contribution in [3.8, 4) is 0 Å². The zero-order valence-electron chi connectivity index (χ0n) is 11.7. The van der Waals surface area contributed by atoms with E-state index >= 15 is 0 Å². The van der Waals surface area contributed by atoms with Crippen LogP contribution in [-0.4, -0.2) is 10.9 Å². The van der Waals surface area contributed by atoms with Crippen molar-refractivity contribution in [1.29, 1.82) is 0 Å². The minimum atomic E-state index is -0.541. The van der Waals surface area contributed by atoms with Crippen LogP contribution >= 0.6 is 11.3 Å². The molecule has 2 aromatic rings. The van der Waals surface area contributed by atoms with Crippen LogP contribution in [0, 0.1) is 0 Å². The summed E-state index contributed by atoms with van der Waals surface area (Å²) in [4.78, 5) is 15.8. The maximum Gasteiger partial charge on any atom is 0.250 e. The van der Waals surface area contributed by atoms with Gasteiger partial charge >= 0.3 is 0 Å². The second-order valence-corrected chi connectivity index (χ2v) is 6.44. The number of nitrogens with zero attached hydrogens (tertiary/aromatic N) is 1. The van der Waals surface area contributed by atoms with Crippen molar-refractivity contribution in [3.05, 3.63) is 34.8 Å². The summed E-state index contributed by atoms with van der Waals surface area (Å²) in [6.07, 6.45) is 0. The van der Waals surface area contributed by atoms with Crippen LogP contribution in [0.4, 0.5) is 16.5 Å². The molecule has 1 amide bonds. The third kappa shape index (κ3) is 3.08. The minimum absolute atomic E-state index is 0.00985. The molecule has 6 heteroatoms. The summed E-state index contributed by atoms with van der Waals surface area (Å²) < 4.78 is 0. The average Bonchev–Trinajstić information content (AvgIpc) is 2.79. The van der Waals surface area contributed by atoms with E-state index in [1.165, 1.54) is 11.3 Å². The fourth-order valence-corrected chi connectivity index (χ4v) is 2.60. The first-order chi connectivity index (χ1) is 9.27. The first-order valence-corrected chi connectivity index (χ1v) is 7.07. The molecule has 0 aliphatic heterocycles. The number of hydrogen-bond donors (Lipinski definition) is 3. The summed E-state index contributed by atoms with van der Waals surface area (Å²) >= 11 is 1.52. The molecule has 0 radical (unpaired) electrons. The van der Waals surface area contributed by atoms with Gasteiger partial charge in [0.15, 0.2) is 5.13 Å². The van der Waals surface area contributed by atoms with E-state index in [1.54, 1.807) is 18.2 Å². The van der Waals surface area contributed by atoms with Gasteiger partial charge in [-0.15, -0.1) is 11.3 Å². The number of aromatic nitrogens is 1. The van der Waals surface area contributed by atoms with E-state index in [9.17, 15) is 4.79 Å². The molecule has 106 valence electrons. The van der Waals surface area contributed by atoms with Gasteiger partial charge < -0.3 is 16.8 Å². The van der Waals surface area contributed by atoms with Crippen molar-refractivity contribution >= 4 is 33.8 Å². The highest BCUT2D eigenvalue weighted by Gasteiger charge is 2.17. The standard InChI is InChI=1S/C14H18N4OS/c1-14(2,3)11-7-20-13(18-11)17-8-4-5-10(15)9(6-8)12(16)19/h4-7H,15H2,1-3H3,(H2,16,19)(H,17,18). The number of nitrogens with two attached hydrogens (primary N) is 2. The lowest BCUT2D eigenvalue weighted by Gasteiger charge is -2.14. The second kappa shape index (κ2) is 5.13. The van der Waals surface area contributed by atoms with E-state index in [1.807, 2.05) is 5.38 Å². The molecule has 1 heterocycles. The lowest BCUT2D eigenvalue weighted by molar-refractivity contribution is 0.100. The Balaban J connectivity index is 2.24. The van der Waals surface area contributed by atoms with Crippen LogP contribution in [0.25, 0.3) is 0 Å². The van der Waals surface area contributed by atoms with Crippen LogP contribution < -0.4 is 16.8 Å². The Morgan fingerprint density at radius 3 is 2.60 bits per heavy atom. The second-order valence-electron chi connectivity index (χ2n) is 5.58. The predicted molar refractivity (Wildman–Crippen MR) is 83.5 cm³/mol. The molecule has 0 saturated heterocycles. The van der Waals surface area contributed by atoms with Gasteiger partial charge in [0, 0.05) is 22.2 Å². The summed E-state index contributed by atoms with van der Waals surface area (Å²) in [7, 11) is 0. The number of nitrogen functional groups attached to an aromatic ring is 1. The number of primary amides is 1. The van der Waals surface area contributed by atoms with Gasteiger partial charge in [-0.25, -0.2) is 4.98 Å². The molecule has 0 bridgehead atoms. The van der Waals surface area contributed by atoms with Crippen LogP contribution in [-0.2, 0) is 5.41 Å². The maximum atomic E-state index is 11.3. The Labute approximate surface area is 122 Å². The normalized spacial score (nSPS) is 11.3. The van der Waals surface area contributed by atoms with Gasteiger partial charge in [0.25, 0.3) is 5.91 Å². The Bertz CT molecular complexity index is 643. The van der Waals surface area contributed by atoms with E-state index in [4.69, 9.17) is 11.5 Å². The largest absolute Gasteiger partial charge is 0.398 e. The number of rotatable bonds is 3. The number of amides is 1. The third-order valence-electron chi connectivity index (χ3n) is 2.84. The van der Waals surface area contributed by atoms with Crippen molar-refractivity contribution in [3.63, 3.8) is 0 Å². The summed E-state index contributed by atoms with van der Waals surface area (Å²) in [6.45, 7) is 6.33. The zero-order chi connectivity index (χ0) is 14.9. The van der Waals surface area contributed by atoms with Crippen LogP contribution in [0.3, 0.4) is 0 Å². The number of benzene rings is 1. The van der Waals surface area contributed by atoms with Crippen LogP contribution in [0.1, 0.15) is 36.8 Å². The van der Waals surface area contributed by atoms with Gasteiger partial charge in [-0.05, 0) is 18.2 Å². The van der Waals surface area contributed by atoms with Gasteiger partial charge in [0.1, 0.15) is 0 Å². The molecule has 0 atom stereocenters. The third-order valence-corrected chi connectivity index (χ3v) is 3.60. The summed E-state index contributed by atoms with van der Waals surface area (Å²) in [5, 5.41) is 5.96. The van der Waals surface area contributed by atoms with Crippen molar-refractivity contribution in [2.24, 2.45) is 5.73 Å². The number of hydrogen-bond acceptors (Lipinski definition) is 5. The number of anilines is 3. The minimum Gasteiger partial charge on any atom is -0.398 e. The number of thiazole rings is 1. The van der Waals surface area contributed by atoms with Crippen LogP contribution in [0.15, 0.2) is 23.6 Å². The molecule has 0 aliphatic carbocycles. The highest BCUT2D eigenvalue weighted by Crippen LogP contribution is 2.29. The van der Waals surface area contributed by atoms with Crippen LogP contribution in [0.2, 0.25) is 0 Å². The Morgan fingerprint density at radius 2 is 2.05 bits per heavy atom. The number of carbonyl (C=O) groups excluding carboxylic acids is 1. The van der Waals surface area contributed by atoms with E-state index in [0.717, 1.165) is 16.5 Å². The predicted octanol–water partition coefficient (Wildman–Crippen LogP) is 2.87. The highest BCUT2D eigenvalue weighted by molar-refractivity contribution is 7.13. The van der Waals surface area contributed by atoms with Crippen molar-refractivity contribution < 1.29 is 4.79 Å². The van der Waals surface area contributed by atoms with Gasteiger partial charge in [-0.3, -0.25) is 4.79 Å². The SMILES string of the molecule is CC(C)(C)c1csc(Nc2ccc(N)c(C(N)=O)c2)n1. The van der Waals surface area contributed by atoms with Crippen molar-refractivity contribution in [2.75, 3.05) is 11.1 Å². The molecule has 0 unspecified atom stereocenters. The Kier molecular flexibility index (Phi) is 3.67. The monoisotopic (exact) mass is 290 g/mol. The summed E-state index contributed by atoms with van der Waals surface area (Å²) in [6, 6.07) is 5.08. The molecule has 0 fully saturated rings. The number of nitrogens with one attached hydrogen (secondary N) is 1. The van der Waals surface area contributed by atoms with E-state index in [-0.39, 0.29) is 5.41 Å². The van der Waals surface area contributed by atoms with E-state index in [2.05, 4.69) is 31.1 Å². The number of carbonyl (C=O) groups is 1. The van der Waals surface area contributed by atoms with Gasteiger partial charge in [0.05, 0.1) is 11.3 Å². The fraction of sp³-hybridized carbons (Fsp3) is 0.286. The van der Waals surface area contributed by atoms with Crippen LogP contribution in [0.5, 0.6) is 0 Å². The Hall–Kier alpha value is -2.08. The molecule has 5 nitrogen and oxygen atoms in total. The highest BCUT2D eigenvalue weighted by atomic mass is 32.1. The van der Waals surface area contributed by atoms with E-state index in [0.29, 0.717) is 11.3 Å². The van der Waals surface area contributed by atoms with Gasteiger partial charge in [-0.1, -0.05) is 20.8 Å². The summed E-state index contributed by atoms with van der Waals surface area (Å²) in [5.41, 5.74) is 13.4. The molecule has 5 N–H and O–H groups in total. The topological polar surface area (TPSA) is 94.0 Å². The average molecular weight is 290 g/mol. The quantitative estimate of drug-likeness (QED) is 0.758. The molecule has 2 rings (SSSR count). The molecule has 0 aliphatic rings. The molecule has 20 heavy (non-hydrogen) atoms. The smallest absolute Gasteiger partial charge is 0.250 e. The molecule has 0 saturated carbocycles. The molecular formula is C14H18N4OS. The van der Waals surface area contributed by atoms with Crippen molar-refractivity contribution in [1.82, 2.24) is 4.98 Å². The van der Waals surface area contributed by atoms with E-state index < -0.39 is 5.91 Å². The van der Waals surface area contributed by atoms with Crippen molar-refractivity contribution in [2.45, 2.75) is 26.2 Å². The first-order valence-electron chi connectivity index (χ1n) is 6.20. The lowest BCUT2D eigenvalue weighted by Crippen LogP contribution is -2.13. The summed E-state index contributed by atoms with van der Waals surface area (Å²) in [5.74, 6) is -0.541. The first kappa shape index (κ1) is 14.3. The van der Waals surface area contributed by atoms with Gasteiger partial charge in [-0.2, -0.15) is 0 Å². The lowest BCUT2D eigenvalue weighted by atomic mass is 9.93. The fourth-order valence-electron chi connectivity index (χ4n) is 1.65. The Morgan fingerprint density at radius 1 is 1.35 bits per heavy atom.